The van der Waals surface area contributed by atoms with E-state index in [2.05, 4.69) is 0 Å². The van der Waals surface area contributed by atoms with Crippen molar-refractivity contribution < 1.29 is 14.3 Å². The number of fused-ring (bicyclic) bond motifs is 1. The lowest BCUT2D eigenvalue weighted by Crippen LogP contribution is -2.06. The SMILES string of the molecule is Nc1ccc(C(=O)c2ccc3c(c2)OCCCO3)c(N)c1. The van der Waals surface area contributed by atoms with Gasteiger partial charge in [-0.3, -0.25) is 4.79 Å². The third-order valence-corrected chi connectivity index (χ3v) is 3.33. The number of ether oxygens (including phenoxy) is 2. The van der Waals surface area contributed by atoms with Gasteiger partial charge in [-0.1, -0.05) is 0 Å². The molecule has 0 atom stereocenters. The summed E-state index contributed by atoms with van der Waals surface area (Å²) in [4.78, 5) is 12.5. The number of benzene rings is 2. The fourth-order valence-electron chi connectivity index (χ4n) is 2.25. The molecular weight excluding hydrogens is 268 g/mol. The van der Waals surface area contributed by atoms with Gasteiger partial charge in [0.1, 0.15) is 0 Å². The van der Waals surface area contributed by atoms with E-state index in [4.69, 9.17) is 20.9 Å². The summed E-state index contributed by atoms with van der Waals surface area (Å²) >= 11 is 0. The second-order valence-corrected chi connectivity index (χ2v) is 4.89. The molecule has 0 saturated carbocycles. The number of hydrogen-bond donors (Lipinski definition) is 2. The third kappa shape index (κ3) is 2.63. The summed E-state index contributed by atoms with van der Waals surface area (Å²) < 4.78 is 11.1. The second-order valence-electron chi connectivity index (χ2n) is 4.89. The number of anilines is 2. The molecule has 1 aliphatic rings. The highest BCUT2D eigenvalue weighted by molar-refractivity contribution is 6.12. The van der Waals surface area contributed by atoms with Crippen molar-refractivity contribution in [1.29, 1.82) is 0 Å². The first-order chi connectivity index (χ1) is 10.1. The lowest BCUT2D eigenvalue weighted by atomic mass is 10.0. The van der Waals surface area contributed by atoms with Gasteiger partial charge in [-0.2, -0.15) is 0 Å². The lowest BCUT2D eigenvalue weighted by Gasteiger charge is -2.10. The third-order valence-electron chi connectivity index (χ3n) is 3.33. The molecule has 2 aromatic carbocycles. The standard InChI is InChI=1S/C16H16N2O3/c17-11-3-4-12(13(18)9-11)16(19)10-2-5-14-15(8-10)21-7-1-6-20-14/h2-5,8-9H,1,6-7,17-18H2. The Kier molecular flexibility index (Phi) is 3.39. The molecule has 108 valence electrons. The molecule has 0 bridgehead atoms. The highest BCUT2D eigenvalue weighted by atomic mass is 16.5. The minimum absolute atomic E-state index is 0.164. The summed E-state index contributed by atoms with van der Waals surface area (Å²) in [6.45, 7) is 1.19. The minimum atomic E-state index is -0.164. The topological polar surface area (TPSA) is 87.6 Å². The van der Waals surface area contributed by atoms with Crippen LogP contribution in [0.15, 0.2) is 36.4 Å². The Balaban J connectivity index is 1.96. The van der Waals surface area contributed by atoms with Gasteiger partial charge in [0.2, 0.25) is 0 Å². The number of rotatable bonds is 2. The Morgan fingerprint density at radius 1 is 0.952 bits per heavy atom. The van der Waals surface area contributed by atoms with Crippen molar-refractivity contribution in [1.82, 2.24) is 0 Å². The van der Waals surface area contributed by atoms with E-state index in [1.807, 2.05) is 0 Å². The maximum atomic E-state index is 12.5. The molecular formula is C16H16N2O3. The quantitative estimate of drug-likeness (QED) is 0.652. The van der Waals surface area contributed by atoms with Crippen molar-refractivity contribution in [3.05, 3.63) is 47.5 Å². The van der Waals surface area contributed by atoms with E-state index in [0.717, 1.165) is 6.42 Å². The zero-order chi connectivity index (χ0) is 14.8. The first kappa shape index (κ1) is 13.3. The molecule has 4 N–H and O–H groups in total. The summed E-state index contributed by atoms with van der Waals surface area (Å²) in [7, 11) is 0. The molecule has 0 amide bonds. The molecule has 1 heterocycles. The van der Waals surface area contributed by atoms with Crippen molar-refractivity contribution in [3.63, 3.8) is 0 Å². The number of carbonyl (C=O) groups excluding carboxylic acids is 1. The molecule has 0 unspecified atom stereocenters. The fourth-order valence-corrected chi connectivity index (χ4v) is 2.25. The van der Waals surface area contributed by atoms with Crippen LogP contribution in [0.2, 0.25) is 0 Å². The van der Waals surface area contributed by atoms with Crippen molar-refractivity contribution in [2.24, 2.45) is 0 Å². The molecule has 1 aliphatic heterocycles. The van der Waals surface area contributed by atoms with E-state index in [-0.39, 0.29) is 5.78 Å². The summed E-state index contributed by atoms with van der Waals surface area (Å²) in [5.41, 5.74) is 13.3. The molecule has 2 aromatic rings. The Labute approximate surface area is 122 Å². The number of nitrogen functional groups attached to an aromatic ring is 2. The maximum Gasteiger partial charge on any atom is 0.195 e. The van der Waals surface area contributed by atoms with E-state index in [9.17, 15) is 4.79 Å². The number of nitrogens with two attached hydrogens (primary N) is 2. The van der Waals surface area contributed by atoms with Crippen molar-refractivity contribution in [2.75, 3.05) is 24.7 Å². The van der Waals surface area contributed by atoms with Crippen LogP contribution in [-0.2, 0) is 0 Å². The van der Waals surface area contributed by atoms with Crippen molar-refractivity contribution in [3.8, 4) is 11.5 Å². The maximum absolute atomic E-state index is 12.5. The molecule has 0 aliphatic carbocycles. The monoisotopic (exact) mass is 284 g/mol. The molecule has 0 aromatic heterocycles. The Morgan fingerprint density at radius 3 is 2.48 bits per heavy atom. The fraction of sp³-hybridized carbons (Fsp3) is 0.188. The second kappa shape index (κ2) is 5.36. The van der Waals surface area contributed by atoms with Gasteiger partial charge in [-0.05, 0) is 36.4 Å². The molecule has 21 heavy (non-hydrogen) atoms. The van der Waals surface area contributed by atoms with Crippen molar-refractivity contribution >= 4 is 17.2 Å². The molecule has 5 heteroatoms. The highest BCUT2D eigenvalue weighted by Gasteiger charge is 2.17. The minimum Gasteiger partial charge on any atom is -0.490 e. The summed E-state index contributed by atoms with van der Waals surface area (Å²) in [6.07, 6.45) is 0.822. The van der Waals surface area contributed by atoms with E-state index < -0.39 is 0 Å². The van der Waals surface area contributed by atoms with Crippen LogP contribution in [0.4, 0.5) is 11.4 Å². The van der Waals surface area contributed by atoms with Gasteiger partial charge in [0.15, 0.2) is 17.3 Å². The van der Waals surface area contributed by atoms with Gasteiger partial charge < -0.3 is 20.9 Å². The number of ketones is 1. The van der Waals surface area contributed by atoms with Gasteiger partial charge in [0.05, 0.1) is 13.2 Å². The van der Waals surface area contributed by atoms with Crippen LogP contribution in [0.3, 0.4) is 0 Å². The van der Waals surface area contributed by atoms with Crippen LogP contribution in [0, 0.1) is 0 Å². The Hall–Kier alpha value is -2.69. The number of hydrogen-bond acceptors (Lipinski definition) is 5. The van der Waals surface area contributed by atoms with E-state index >= 15 is 0 Å². The largest absolute Gasteiger partial charge is 0.490 e. The van der Waals surface area contributed by atoms with Gasteiger partial charge in [-0.25, -0.2) is 0 Å². The van der Waals surface area contributed by atoms with E-state index in [1.165, 1.54) is 0 Å². The zero-order valence-electron chi connectivity index (χ0n) is 11.5. The average Bonchev–Trinajstić information content (AvgIpc) is 2.71. The molecule has 0 radical (unpaired) electrons. The summed E-state index contributed by atoms with van der Waals surface area (Å²) in [5.74, 6) is 1.09. The lowest BCUT2D eigenvalue weighted by molar-refractivity contribution is 0.103. The van der Waals surface area contributed by atoms with Crippen LogP contribution in [0.5, 0.6) is 11.5 Å². The molecule has 5 nitrogen and oxygen atoms in total. The highest BCUT2D eigenvalue weighted by Crippen LogP contribution is 2.31. The smallest absolute Gasteiger partial charge is 0.195 e. The van der Waals surface area contributed by atoms with Crippen LogP contribution in [0.1, 0.15) is 22.3 Å². The molecule has 3 rings (SSSR count). The molecule has 0 fully saturated rings. The normalized spacial score (nSPS) is 13.5. The summed E-state index contributed by atoms with van der Waals surface area (Å²) in [6, 6.07) is 10.0. The molecule has 0 spiro atoms. The van der Waals surface area contributed by atoms with Gasteiger partial charge in [-0.15, -0.1) is 0 Å². The van der Waals surface area contributed by atoms with Crippen LogP contribution in [0.25, 0.3) is 0 Å². The van der Waals surface area contributed by atoms with Crippen molar-refractivity contribution in [2.45, 2.75) is 6.42 Å². The first-order valence-corrected chi connectivity index (χ1v) is 6.74. The first-order valence-electron chi connectivity index (χ1n) is 6.74. The predicted octanol–water partition coefficient (Wildman–Crippen LogP) is 2.24. The van der Waals surface area contributed by atoms with E-state index in [0.29, 0.717) is 47.2 Å². The molecule has 0 saturated heterocycles. The van der Waals surface area contributed by atoms with Crippen LogP contribution >= 0.6 is 0 Å². The average molecular weight is 284 g/mol. The van der Waals surface area contributed by atoms with Gasteiger partial charge in [0, 0.05) is 28.9 Å². The van der Waals surface area contributed by atoms with E-state index in [1.54, 1.807) is 36.4 Å². The Bertz CT molecular complexity index is 698. The van der Waals surface area contributed by atoms with Crippen LogP contribution < -0.4 is 20.9 Å². The van der Waals surface area contributed by atoms with Crippen LogP contribution in [-0.4, -0.2) is 19.0 Å². The Morgan fingerprint density at radius 2 is 1.71 bits per heavy atom. The van der Waals surface area contributed by atoms with Gasteiger partial charge in [0.25, 0.3) is 0 Å². The zero-order valence-corrected chi connectivity index (χ0v) is 11.5. The predicted molar refractivity (Wildman–Crippen MR) is 80.7 cm³/mol. The number of carbonyl (C=O) groups is 1. The summed E-state index contributed by atoms with van der Waals surface area (Å²) in [5, 5.41) is 0. The van der Waals surface area contributed by atoms with Gasteiger partial charge >= 0.3 is 0 Å².